The normalized spacial score (nSPS) is 18.9. The highest BCUT2D eigenvalue weighted by Crippen LogP contribution is 2.31. The Kier molecular flexibility index (Phi) is 3.59. The smallest absolute Gasteiger partial charge is 0.243 e. The first-order chi connectivity index (χ1) is 8.82. The Morgan fingerprint density at radius 1 is 1.42 bits per heavy atom. The van der Waals surface area contributed by atoms with E-state index < -0.39 is 15.6 Å². The fraction of sp³-hybridized carbons (Fsp3) is 0.538. The van der Waals surface area contributed by atoms with Crippen LogP contribution < -0.4 is 4.74 Å². The van der Waals surface area contributed by atoms with Crippen LogP contribution in [0.4, 0.5) is 0 Å². The summed E-state index contributed by atoms with van der Waals surface area (Å²) in [6, 6.07) is 4.77. The van der Waals surface area contributed by atoms with E-state index in [1.165, 1.54) is 10.4 Å². The Morgan fingerprint density at radius 2 is 2.05 bits per heavy atom. The van der Waals surface area contributed by atoms with Gasteiger partial charge >= 0.3 is 0 Å². The Bertz CT molecular complexity index is 576. The zero-order chi connectivity index (χ0) is 14.3. The number of hydrogen-bond donors (Lipinski definition) is 1. The number of aryl methyl sites for hydroxylation is 1. The van der Waals surface area contributed by atoms with Gasteiger partial charge in [-0.2, -0.15) is 4.31 Å². The molecule has 1 N–H and O–H groups in total. The number of methoxy groups -OCH3 is 1. The van der Waals surface area contributed by atoms with Gasteiger partial charge < -0.3 is 9.84 Å². The SMILES string of the molecule is CCC1(O)CN(S(=O)(=O)c2ccc(OC)c(C)c2)C1. The van der Waals surface area contributed by atoms with Crippen LogP contribution in [0.5, 0.6) is 5.75 Å². The molecule has 1 fully saturated rings. The summed E-state index contributed by atoms with van der Waals surface area (Å²) in [6.45, 7) is 3.98. The second-order valence-corrected chi connectivity index (χ2v) is 6.92. The minimum absolute atomic E-state index is 0.164. The fourth-order valence-electron chi connectivity index (χ4n) is 2.16. The van der Waals surface area contributed by atoms with E-state index in [-0.39, 0.29) is 18.0 Å². The van der Waals surface area contributed by atoms with Gasteiger partial charge in [0, 0.05) is 13.1 Å². The molecule has 1 saturated heterocycles. The van der Waals surface area contributed by atoms with E-state index >= 15 is 0 Å². The van der Waals surface area contributed by atoms with Gasteiger partial charge in [-0.3, -0.25) is 0 Å². The van der Waals surface area contributed by atoms with Gasteiger partial charge in [0.2, 0.25) is 10.0 Å². The van der Waals surface area contributed by atoms with E-state index in [2.05, 4.69) is 0 Å². The fourth-order valence-corrected chi connectivity index (χ4v) is 3.85. The summed E-state index contributed by atoms with van der Waals surface area (Å²) in [7, 11) is -1.96. The molecule has 1 aliphatic rings. The van der Waals surface area contributed by atoms with E-state index in [9.17, 15) is 13.5 Å². The van der Waals surface area contributed by atoms with Gasteiger partial charge in [-0.1, -0.05) is 6.92 Å². The molecule has 0 atom stereocenters. The Labute approximate surface area is 113 Å². The van der Waals surface area contributed by atoms with Gasteiger partial charge in [0.15, 0.2) is 0 Å². The van der Waals surface area contributed by atoms with Crippen molar-refractivity contribution in [2.75, 3.05) is 20.2 Å². The van der Waals surface area contributed by atoms with Crippen LogP contribution in [0.15, 0.2) is 23.1 Å². The molecule has 19 heavy (non-hydrogen) atoms. The minimum atomic E-state index is -3.51. The van der Waals surface area contributed by atoms with Crippen LogP contribution in [-0.4, -0.2) is 43.6 Å². The number of rotatable bonds is 4. The predicted octanol–water partition coefficient (Wildman–Crippen LogP) is 1.15. The van der Waals surface area contributed by atoms with Gasteiger partial charge in [-0.15, -0.1) is 0 Å². The highest BCUT2D eigenvalue weighted by Gasteiger charge is 2.45. The standard InChI is InChI=1S/C13H19NO4S/c1-4-13(15)8-14(9-13)19(16,17)11-5-6-12(18-3)10(2)7-11/h5-7,15H,4,8-9H2,1-3H3. The third-order valence-corrected chi connectivity index (χ3v) is 5.39. The largest absolute Gasteiger partial charge is 0.496 e. The molecule has 2 rings (SSSR count). The van der Waals surface area contributed by atoms with Crippen molar-refractivity contribution < 1.29 is 18.3 Å². The van der Waals surface area contributed by atoms with Crippen molar-refractivity contribution in [1.82, 2.24) is 4.31 Å². The van der Waals surface area contributed by atoms with E-state index in [1.54, 1.807) is 26.2 Å². The Morgan fingerprint density at radius 3 is 2.53 bits per heavy atom. The molecular formula is C13H19NO4S. The summed E-state index contributed by atoms with van der Waals surface area (Å²) < 4.78 is 31.1. The number of β-amino-alcohol motifs (C(OH)–C–C–N with tert-alkyl or cyclic N) is 1. The lowest BCUT2D eigenvalue weighted by molar-refractivity contribution is -0.0613. The molecule has 0 spiro atoms. The summed E-state index contributed by atoms with van der Waals surface area (Å²) in [4.78, 5) is 0.240. The summed E-state index contributed by atoms with van der Waals surface area (Å²) in [5.74, 6) is 0.660. The minimum Gasteiger partial charge on any atom is -0.496 e. The molecule has 1 aromatic rings. The molecule has 6 heteroatoms. The van der Waals surface area contributed by atoms with E-state index in [4.69, 9.17) is 4.74 Å². The van der Waals surface area contributed by atoms with Crippen LogP contribution in [0.2, 0.25) is 0 Å². The maximum atomic E-state index is 12.3. The molecule has 0 aromatic heterocycles. The number of sulfonamides is 1. The van der Waals surface area contributed by atoms with Crippen molar-refractivity contribution in [3.05, 3.63) is 23.8 Å². The van der Waals surface area contributed by atoms with Crippen LogP contribution in [0.1, 0.15) is 18.9 Å². The molecule has 0 saturated carbocycles. The van der Waals surface area contributed by atoms with Gasteiger partial charge in [-0.25, -0.2) is 8.42 Å². The van der Waals surface area contributed by atoms with Crippen LogP contribution in [0.25, 0.3) is 0 Å². The third kappa shape index (κ3) is 2.48. The molecule has 0 amide bonds. The zero-order valence-electron chi connectivity index (χ0n) is 11.4. The summed E-state index contributed by atoms with van der Waals surface area (Å²) in [5, 5.41) is 9.91. The number of nitrogens with zero attached hydrogens (tertiary/aromatic N) is 1. The number of ether oxygens (including phenoxy) is 1. The summed E-state index contributed by atoms with van der Waals surface area (Å²) in [6.07, 6.45) is 0.556. The average Bonchev–Trinajstić information content (AvgIpc) is 2.34. The van der Waals surface area contributed by atoms with Crippen LogP contribution in [0.3, 0.4) is 0 Å². The first-order valence-corrected chi connectivity index (χ1v) is 7.63. The van der Waals surface area contributed by atoms with Gasteiger partial charge in [0.1, 0.15) is 5.75 Å². The monoisotopic (exact) mass is 285 g/mol. The molecule has 1 heterocycles. The van der Waals surface area contributed by atoms with Gasteiger partial charge in [0.25, 0.3) is 0 Å². The topological polar surface area (TPSA) is 66.8 Å². The second kappa shape index (κ2) is 4.77. The van der Waals surface area contributed by atoms with Gasteiger partial charge in [0.05, 0.1) is 17.6 Å². The first kappa shape index (κ1) is 14.3. The van der Waals surface area contributed by atoms with Crippen molar-refractivity contribution in [2.45, 2.75) is 30.8 Å². The molecule has 0 radical (unpaired) electrons. The highest BCUT2D eigenvalue weighted by atomic mass is 32.2. The average molecular weight is 285 g/mol. The number of aliphatic hydroxyl groups is 1. The van der Waals surface area contributed by atoms with Crippen molar-refractivity contribution in [1.29, 1.82) is 0 Å². The molecule has 0 bridgehead atoms. The molecule has 1 aromatic carbocycles. The predicted molar refractivity (Wildman–Crippen MR) is 71.7 cm³/mol. The lowest BCUT2D eigenvalue weighted by atomic mass is 9.94. The van der Waals surface area contributed by atoms with Crippen LogP contribution in [-0.2, 0) is 10.0 Å². The molecule has 1 aliphatic heterocycles. The lowest BCUT2D eigenvalue weighted by Gasteiger charge is -2.44. The molecule has 106 valence electrons. The van der Waals surface area contributed by atoms with Crippen molar-refractivity contribution >= 4 is 10.0 Å². The molecule has 0 unspecified atom stereocenters. The number of hydrogen-bond acceptors (Lipinski definition) is 4. The van der Waals surface area contributed by atoms with E-state index in [0.717, 1.165) is 5.56 Å². The number of benzene rings is 1. The van der Waals surface area contributed by atoms with Crippen LogP contribution in [0, 0.1) is 6.92 Å². The van der Waals surface area contributed by atoms with Crippen molar-refractivity contribution in [3.63, 3.8) is 0 Å². The quantitative estimate of drug-likeness (QED) is 0.901. The summed E-state index contributed by atoms with van der Waals surface area (Å²) in [5.41, 5.74) is -0.0935. The third-order valence-electron chi connectivity index (χ3n) is 3.60. The Hall–Kier alpha value is -1.11. The molecular weight excluding hydrogens is 266 g/mol. The zero-order valence-corrected chi connectivity index (χ0v) is 12.2. The second-order valence-electron chi connectivity index (χ2n) is 4.98. The van der Waals surface area contributed by atoms with E-state index in [0.29, 0.717) is 12.2 Å². The maximum absolute atomic E-state index is 12.3. The van der Waals surface area contributed by atoms with Gasteiger partial charge in [-0.05, 0) is 37.1 Å². The summed E-state index contributed by atoms with van der Waals surface area (Å²) >= 11 is 0. The first-order valence-electron chi connectivity index (χ1n) is 6.19. The Balaban J connectivity index is 2.24. The maximum Gasteiger partial charge on any atom is 0.243 e. The molecule has 5 nitrogen and oxygen atoms in total. The van der Waals surface area contributed by atoms with E-state index in [1.807, 2.05) is 6.92 Å². The van der Waals surface area contributed by atoms with Crippen molar-refractivity contribution in [2.24, 2.45) is 0 Å². The van der Waals surface area contributed by atoms with Crippen molar-refractivity contribution in [3.8, 4) is 5.75 Å². The highest BCUT2D eigenvalue weighted by molar-refractivity contribution is 7.89. The lowest BCUT2D eigenvalue weighted by Crippen LogP contribution is -2.62. The molecule has 0 aliphatic carbocycles. The van der Waals surface area contributed by atoms with Crippen LogP contribution >= 0.6 is 0 Å².